The quantitative estimate of drug-likeness (QED) is 0.829. The summed E-state index contributed by atoms with van der Waals surface area (Å²) in [5, 5.41) is 11.1. The number of hydrogen-bond acceptors (Lipinski definition) is 3. The largest absolute Gasteiger partial charge is 0.481 e. The number of carboxylic acid groups (broad SMARTS) is 1. The Morgan fingerprint density at radius 2 is 2.43 bits per heavy atom. The minimum Gasteiger partial charge on any atom is -0.481 e. The maximum atomic E-state index is 11.1. The molecule has 76 valence electrons. The summed E-state index contributed by atoms with van der Waals surface area (Å²) in [7, 11) is 0. The molecule has 1 fully saturated rings. The van der Waals surface area contributed by atoms with Gasteiger partial charge in [-0.05, 0) is 23.9 Å². The van der Waals surface area contributed by atoms with Crippen LogP contribution in [0.2, 0.25) is 0 Å². The van der Waals surface area contributed by atoms with E-state index in [0.717, 1.165) is 4.88 Å². The Morgan fingerprint density at radius 3 is 2.79 bits per heavy atom. The van der Waals surface area contributed by atoms with Crippen molar-refractivity contribution < 1.29 is 14.6 Å². The molecule has 0 saturated carbocycles. The summed E-state index contributed by atoms with van der Waals surface area (Å²) in [6.45, 7) is 2.71. The molecular weight excluding hydrogens is 200 g/mol. The van der Waals surface area contributed by atoms with Crippen LogP contribution in [0.5, 0.6) is 0 Å². The zero-order valence-electron chi connectivity index (χ0n) is 7.95. The van der Waals surface area contributed by atoms with Crippen LogP contribution in [-0.2, 0) is 16.0 Å². The monoisotopic (exact) mass is 212 g/mol. The van der Waals surface area contributed by atoms with Crippen molar-refractivity contribution in [1.82, 2.24) is 0 Å². The number of aryl methyl sites for hydroxylation is 1. The first-order valence-electron chi connectivity index (χ1n) is 4.48. The van der Waals surface area contributed by atoms with Crippen LogP contribution in [0, 0.1) is 12.3 Å². The van der Waals surface area contributed by atoms with E-state index in [2.05, 4.69) is 0 Å². The summed E-state index contributed by atoms with van der Waals surface area (Å²) in [5.41, 5.74) is 0.526. The minimum absolute atomic E-state index is 0.347. The van der Waals surface area contributed by atoms with E-state index in [9.17, 15) is 4.79 Å². The molecule has 0 bridgehead atoms. The molecule has 1 N–H and O–H groups in total. The van der Waals surface area contributed by atoms with Gasteiger partial charge in [0.15, 0.2) is 0 Å². The van der Waals surface area contributed by atoms with Crippen LogP contribution in [0.3, 0.4) is 0 Å². The number of ether oxygens (including phenoxy) is 1. The lowest BCUT2D eigenvalue weighted by atomic mass is 9.81. The second-order valence-corrected chi connectivity index (χ2v) is 4.78. The van der Waals surface area contributed by atoms with Crippen LogP contribution in [0.25, 0.3) is 0 Å². The van der Waals surface area contributed by atoms with Crippen LogP contribution in [0.4, 0.5) is 0 Å². The molecule has 1 aliphatic heterocycles. The van der Waals surface area contributed by atoms with Gasteiger partial charge in [0.05, 0.1) is 13.2 Å². The molecule has 1 saturated heterocycles. The third-order valence-electron chi connectivity index (χ3n) is 2.68. The number of carboxylic acids is 1. The second kappa shape index (κ2) is 3.37. The average molecular weight is 212 g/mol. The zero-order chi connectivity index (χ0) is 10.2. The van der Waals surface area contributed by atoms with E-state index in [4.69, 9.17) is 9.84 Å². The Bertz CT molecular complexity index is 352. The molecule has 0 atom stereocenters. The van der Waals surface area contributed by atoms with E-state index in [1.165, 1.54) is 5.56 Å². The van der Waals surface area contributed by atoms with E-state index in [-0.39, 0.29) is 0 Å². The fraction of sp³-hybridized carbons (Fsp3) is 0.500. The van der Waals surface area contributed by atoms with E-state index >= 15 is 0 Å². The predicted octanol–water partition coefficient (Wildman–Crippen LogP) is 1.70. The maximum absolute atomic E-state index is 11.1. The highest BCUT2D eigenvalue weighted by atomic mass is 32.1. The maximum Gasteiger partial charge on any atom is 0.314 e. The summed E-state index contributed by atoms with van der Waals surface area (Å²) in [6.07, 6.45) is 0.603. The highest BCUT2D eigenvalue weighted by molar-refractivity contribution is 7.10. The number of thiophene rings is 1. The Hall–Kier alpha value is -0.870. The third kappa shape index (κ3) is 1.44. The molecule has 1 aliphatic rings. The summed E-state index contributed by atoms with van der Waals surface area (Å²) >= 11 is 1.62. The first kappa shape index (κ1) is 9.68. The molecule has 0 unspecified atom stereocenters. The van der Waals surface area contributed by atoms with Crippen molar-refractivity contribution in [1.29, 1.82) is 0 Å². The molecule has 2 heterocycles. The molecular formula is C10H12O3S. The van der Waals surface area contributed by atoms with Gasteiger partial charge in [-0.1, -0.05) is 0 Å². The molecule has 0 aromatic carbocycles. The van der Waals surface area contributed by atoms with Gasteiger partial charge in [-0.25, -0.2) is 0 Å². The van der Waals surface area contributed by atoms with Gasteiger partial charge in [-0.2, -0.15) is 0 Å². The summed E-state index contributed by atoms with van der Waals surface area (Å²) in [6, 6.07) is 2.02. The van der Waals surface area contributed by atoms with Crippen molar-refractivity contribution in [2.45, 2.75) is 13.3 Å². The molecule has 14 heavy (non-hydrogen) atoms. The topological polar surface area (TPSA) is 46.5 Å². The normalized spacial score (nSPS) is 18.9. The predicted molar refractivity (Wildman–Crippen MR) is 53.6 cm³/mol. The summed E-state index contributed by atoms with van der Waals surface area (Å²) in [4.78, 5) is 12.2. The number of aliphatic carboxylic acids is 1. The standard InChI is InChI=1S/C10H12O3S/c1-7-2-3-14-8(7)4-10(9(11)12)5-13-6-10/h2-3H,4-6H2,1H3,(H,11,12). The van der Waals surface area contributed by atoms with Crippen LogP contribution >= 0.6 is 11.3 Å². The van der Waals surface area contributed by atoms with Gasteiger partial charge in [-0.15, -0.1) is 11.3 Å². The van der Waals surface area contributed by atoms with Crippen LogP contribution in [-0.4, -0.2) is 24.3 Å². The van der Waals surface area contributed by atoms with Crippen molar-refractivity contribution >= 4 is 17.3 Å². The lowest BCUT2D eigenvalue weighted by molar-refractivity contribution is -0.179. The lowest BCUT2D eigenvalue weighted by Gasteiger charge is -2.37. The number of carbonyl (C=O) groups is 1. The van der Waals surface area contributed by atoms with Gasteiger partial charge in [0.1, 0.15) is 5.41 Å². The zero-order valence-corrected chi connectivity index (χ0v) is 8.76. The fourth-order valence-corrected chi connectivity index (χ4v) is 2.59. The van der Waals surface area contributed by atoms with Crippen molar-refractivity contribution in [2.75, 3.05) is 13.2 Å². The van der Waals surface area contributed by atoms with Crippen molar-refractivity contribution in [2.24, 2.45) is 5.41 Å². The van der Waals surface area contributed by atoms with Crippen LogP contribution < -0.4 is 0 Å². The minimum atomic E-state index is -0.739. The second-order valence-electron chi connectivity index (χ2n) is 3.78. The molecule has 0 radical (unpaired) electrons. The molecule has 4 heteroatoms. The Balaban J connectivity index is 2.17. The Morgan fingerprint density at radius 1 is 1.71 bits per heavy atom. The molecule has 0 amide bonds. The number of hydrogen-bond donors (Lipinski definition) is 1. The SMILES string of the molecule is Cc1ccsc1CC1(C(=O)O)COC1. The van der Waals surface area contributed by atoms with E-state index in [0.29, 0.717) is 19.6 Å². The Kier molecular flexibility index (Phi) is 2.33. The van der Waals surface area contributed by atoms with Crippen LogP contribution in [0.15, 0.2) is 11.4 Å². The molecule has 0 spiro atoms. The Labute approximate surface area is 86.3 Å². The lowest BCUT2D eigenvalue weighted by Crippen LogP contribution is -2.50. The number of rotatable bonds is 3. The smallest absolute Gasteiger partial charge is 0.314 e. The van der Waals surface area contributed by atoms with Gasteiger partial charge in [-0.3, -0.25) is 4.79 Å². The fourth-order valence-electron chi connectivity index (χ4n) is 1.54. The first-order valence-corrected chi connectivity index (χ1v) is 5.36. The highest BCUT2D eigenvalue weighted by Crippen LogP contribution is 2.34. The van der Waals surface area contributed by atoms with Gasteiger partial charge in [0.2, 0.25) is 0 Å². The molecule has 0 aliphatic carbocycles. The van der Waals surface area contributed by atoms with E-state index in [1.54, 1.807) is 11.3 Å². The average Bonchev–Trinajstić information content (AvgIpc) is 2.43. The molecule has 3 nitrogen and oxygen atoms in total. The molecule has 1 aromatic heterocycles. The highest BCUT2D eigenvalue weighted by Gasteiger charge is 2.46. The van der Waals surface area contributed by atoms with Crippen molar-refractivity contribution in [3.05, 3.63) is 21.9 Å². The summed E-state index contributed by atoms with van der Waals surface area (Å²) in [5.74, 6) is -0.739. The van der Waals surface area contributed by atoms with E-state index < -0.39 is 11.4 Å². The third-order valence-corrected chi connectivity index (χ3v) is 3.70. The van der Waals surface area contributed by atoms with Gasteiger partial charge in [0, 0.05) is 11.3 Å². The molecule has 2 rings (SSSR count). The van der Waals surface area contributed by atoms with Gasteiger partial charge < -0.3 is 9.84 Å². The molecule has 1 aromatic rings. The van der Waals surface area contributed by atoms with Gasteiger partial charge >= 0.3 is 5.97 Å². The van der Waals surface area contributed by atoms with Crippen molar-refractivity contribution in [3.8, 4) is 0 Å². The van der Waals surface area contributed by atoms with E-state index in [1.807, 2.05) is 18.4 Å². The van der Waals surface area contributed by atoms with Gasteiger partial charge in [0.25, 0.3) is 0 Å². The van der Waals surface area contributed by atoms with Crippen LogP contribution in [0.1, 0.15) is 10.4 Å². The summed E-state index contributed by atoms with van der Waals surface area (Å²) < 4.78 is 5.01. The van der Waals surface area contributed by atoms with Crippen molar-refractivity contribution in [3.63, 3.8) is 0 Å². The first-order chi connectivity index (χ1) is 6.64.